The normalized spacial score (nSPS) is 19.4. The highest BCUT2D eigenvalue weighted by Gasteiger charge is 2.28. The molecule has 0 aliphatic carbocycles. The molecule has 9 heteroatoms. The van der Waals surface area contributed by atoms with Crippen molar-refractivity contribution in [2.24, 2.45) is 5.92 Å². The van der Waals surface area contributed by atoms with Crippen LogP contribution in [0.4, 0.5) is 0 Å². The molecule has 0 radical (unpaired) electrons. The van der Waals surface area contributed by atoms with Gasteiger partial charge in [-0.25, -0.2) is 9.09 Å². The van der Waals surface area contributed by atoms with Crippen molar-refractivity contribution >= 4 is 20.1 Å². The number of hydrogen-bond acceptors (Lipinski definition) is 6. The molecule has 0 spiro atoms. The minimum atomic E-state index is -4.48. The van der Waals surface area contributed by atoms with Crippen LogP contribution in [0.3, 0.4) is 0 Å². The van der Waals surface area contributed by atoms with Crippen LogP contribution in [0.5, 0.6) is 0 Å². The van der Waals surface area contributed by atoms with Crippen LogP contribution in [0.2, 0.25) is 0 Å². The standard InChI is InChI=1S/C9H17NO.C2H5O6P/c1-7(2)9(11)8-5-4-6-10(8)3;3-1-7-2-8-9(4,5)6/h7-8H,4-6H2,1-3H3;1H,2H2,(H2,4,5,6). The van der Waals surface area contributed by atoms with Gasteiger partial charge in [0.1, 0.15) is 0 Å². The second kappa shape index (κ2) is 9.20. The van der Waals surface area contributed by atoms with E-state index < -0.39 is 14.6 Å². The quantitative estimate of drug-likeness (QED) is 0.316. The Morgan fingerprint density at radius 2 is 2.10 bits per heavy atom. The van der Waals surface area contributed by atoms with Gasteiger partial charge in [0.25, 0.3) is 6.47 Å². The van der Waals surface area contributed by atoms with Crippen molar-refractivity contribution in [2.75, 3.05) is 20.4 Å². The topological polar surface area (TPSA) is 113 Å². The fraction of sp³-hybridized carbons (Fsp3) is 0.818. The van der Waals surface area contributed by atoms with Crippen molar-refractivity contribution < 1.29 is 33.2 Å². The molecule has 118 valence electrons. The molecule has 20 heavy (non-hydrogen) atoms. The number of ether oxygens (including phenoxy) is 1. The number of carbonyl (C=O) groups excluding carboxylic acids is 2. The highest BCUT2D eigenvalue weighted by Crippen LogP contribution is 2.35. The predicted octanol–water partition coefficient (Wildman–Crippen LogP) is 0.532. The van der Waals surface area contributed by atoms with Gasteiger partial charge in [0.15, 0.2) is 5.78 Å². The predicted molar refractivity (Wildman–Crippen MR) is 70.6 cm³/mol. The smallest absolute Gasteiger partial charge is 0.440 e. The van der Waals surface area contributed by atoms with Gasteiger partial charge >= 0.3 is 7.82 Å². The van der Waals surface area contributed by atoms with E-state index in [4.69, 9.17) is 9.79 Å². The summed E-state index contributed by atoms with van der Waals surface area (Å²) in [4.78, 5) is 38.9. The molecule has 0 aromatic rings. The van der Waals surface area contributed by atoms with Crippen LogP contribution in [0.15, 0.2) is 0 Å². The summed E-state index contributed by atoms with van der Waals surface area (Å²) >= 11 is 0. The van der Waals surface area contributed by atoms with Crippen LogP contribution < -0.4 is 0 Å². The van der Waals surface area contributed by atoms with Gasteiger partial charge in [-0.05, 0) is 26.4 Å². The lowest BCUT2D eigenvalue weighted by molar-refractivity contribution is -0.135. The number of hydrogen-bond donors (Lipinski definition) is 2. The number of Topliss-reactive ketones (excluding diaryl/α,β-unsaturated/α-hetero) is 1. The van der Waals surface area contributed by atoms with Gasteiger partial charge in [-0.1, -0.05) is 13.8 Å². The Bertz CT molecular complexity index is 355. The Kier molecular flexibility index (Phi) is 8.84. The van der Waals surface area contributed by atoms with Crippen molar-refractivity contribution in [3.8, 4) is 0 Å². The SMILES string of the molecule is CC(C)C(=O)C1CCCN1C.O=COCOP(=O)(O)O. The van der Waals surface area contributed by atoms with E-state index in [-0.39, 0.29) is 18.4 Å². The van der Waals surface area contributed by atoms with Gasteiger partial charge in [0.2, 0.25) is 6.79 Å². The van der Waals surface area contributed by atoms with Gasteiger partial charge in [-0.3, -0.25) is 14.5 Å². The molecular weight excluding hydrogens is 289 g/mol. The molecule has 1 aliphatic rings. The number of rotatable bonds is 6. The number of nitrogens with zero attached hydrogens (tertiary/aromatic N) is 1. The van der Waals surface area contributed by atoms with Crippen LogP contribution in [0.25, 0.3) is 0 Å². The third-order valence-electron chi connectivity index (χ3n) is 2.77. The number of likely N-dealkylation sites (N-methyl/N-ethyl adjacent to an activating group) is 1. The summed E-state index contributed by atoms with van der Waals surface area (Å²) < 4.78 is 17.3. The molecule has 8 nitrogen and oxygen atoms in total. The zero-order valence-corrected chi connectivity index (χ0v) is 12.8. The van der Waals surface area contributed by atoms with E-state index in [1.54, 1.807) is 0 Å². The van der Waals surface area contributed by atoms with E-state index in [1.807, 2.05) is 20.9 Å². The molecule has 0 saturated carbocycles. The third-order valence-corrected chi connectivity index (χ3v) is 3.22. The van der Waals surface area contributed by atoms with Crippen molar-refractivity contribution in [2.45, 2.75) is 32.7 Å². The Balaban J connectivity index is 0.000000370. The van der Waals surface area contributed by atoms with E-state index >= 15 is 0 Å². The Morgan fingerprint density at radius 3 is 2.45 bits per heavy atom. The summed E-state index contributed by atoms with van der Waals surface area (Å²) in [5.74, 6) is 0.602. The van der Waals surface area contributed by atoms with Crippen molar-refractivity contribution in [1.29, 1.82) is 0 Å². The summed E-state index contributed by atoms with van der Waals surface area (Å²) in [6.07, 6.45) is 2.24. The van der Waals surface area contributed by atoms with Crippen molar-refractivity contribution in [3.63, 3.8) is 0 Å². The maximum atomic E-state index is 11.5. The van der Waals surface area contributed by atoms with Gasteiger partial charge in [0.05, 0.1) is 6.04 Å². The van der Waals surface area contributed by atoms with Crippen molar-refractivity contribution in [3.05, 3.63) is 0 Å². The molecule has 1 atom stereocenters. The second-order valence-corrected chi connectivity index (χ2v) is 5.94. The van der Waals surface area contributed by atoms with Gasteiger partial charge < -0.3 is 14.5 Å². The largest absolute Gasteiger partial charge is 0.472 e. The summed E-state index contributed by atoms with van der Waals surface area (Å²) in [5.41, 5.74) is 0. The van der Waals surface area contributed by atoms with E-state index in [2.05, 4.69) is 14.2 Å². The molecule has 1 rings (SSSR count). The van der Waals surface area contributed by atoms with Crippen molar-refractivity contribution in [1.82, 2.24) is 4.90 Å². The molecule has 1 unspecified atom stereocenters. The average molecular weight is 311 g/mol. The minimum absolute atomic E-state index is 0.0235. The number of likely N-dealkylation sites (tertiary alicyclic amines) is 1. The minimum Gasteiger partial charge on any atom is -0.440 e. The highest BCUT2D eigenvalue weighted by atomic mass is 31.2. The van der Waals surface area contributed by atoms with Crippen LogP contribution in [-0.4, -0.2) is 53.4 Å². The fourth-order valence-electron chi connectivity index (χ4n) is 1.78. The maximum Gasteiger partial charge on any atom is 0.472 e. The lowest BCUT2D eigenvalue weighted by atomic mass is 10.0. The lowest BCUT2D eigenvalue weighted by Crippen LogP contribution is -2.35. The first-order chi connectivity index (χ1) is 9.19. The van der Waals surface area contributed by atoms with Crippen LogP contribution in [0.1, 0.15) is 26.7 Å². The van der Waals surface area contributed by atoms with Gasteiger partial charge in [0, 0.05) is 5.92 Å². The van der Waals surface area contributed by atoms with E-state index in [1.165, 1.54) is 6.42 Å². The first-order valence-electron chi connectivity index (χ1n) is 6.18. The number of ketones is 1. The average Bonchev–Trinajstić information content (AvgIpc) is 2.74. The number of phosphoric acid groups is 1. The zero-order valence-electron chi connectivity index (χ0n) is 11.9. The maximum absolute atomic E-state index is 11.5. The number of carbonyl (C=O) groups is 2. The van der Waals surface area contributed by atoms with E-state index in [9.17, 15) is 14.2 Å². The molecule has 0 bridgehead atoms. The van der Waals surface area contributed by atoms with Crippen LogP contribution in [-0.2, 0) is 23.4 Å². The molecule has 0 aromatic heterocycles. The first kappa shape index (κ1) is 19.2. The van der Waals surface area contributed by atoms with Gasteiger partial charge in [-0.15, -0.1) is 0 Å². The molecule has 0 amide bonds. The number of phosphoric ester groups is 1. The third kappa shape index (κ3) is 8.39. The van der Waals surface area contributed by atoms with E-state index in [0.29, 0.717) is 5.78 Å². The zero-order chi connectivity index (χ0) is 15.8. The Labute approximate surface area is 118 Å². The Morgan fingerprint density at radius 1 is 1.50 bits per heavy atom. The molecule has 1 fully saturated rings. The molecule has 1 heterocycles. The monoisotopic (exact) mass is 311 g/mol. The summed E-state index contributed by atoms with van der Waals surface area (Å²) in [6.45, 7) is 4.34. The van der Waals surface area contributed by atoms with Gasteiger partial charge in [-0.2, -0.15) is 0 Å². The molecule has 2 N–H and O–H groups in total. The second-order valence-electron chi connectivity index (χ2n) is 4.70. The molecular formula is C11H22NO7P. The summed E-state index contributed by atoms with van der Waals surface area (Å²) in [7, 11) is -2.44. The molecule has 1 saturated heterocycles. The summed E-state index contributed by atoms with van der Waals surface area (Å²) in [5, 5.41) is 0. The fourth-order valence-corrected chi connectivity index (χ4v) is 1.98. The van der Waals surface area contributed by atoms with E-state index in [0.717, 1.165) is 13.0 Å². The highest BCUT2D eigenvalue weighted by molar-refractivity contribution is 7.46. The Hall–Kier alpha value is -0.790. The van der Waals surface area contributed by atoms with Crippen LogP contribution >= 0.6 is 7.82 Å². The first-order valence-corrected chi connectivity index (χ1v) is 7.71. The summed E-state index contributed by atoms with van der Waals surface area (Å²) in [6, 6.07) is 0.218. The van der Waals surface area contributed by atoms with Crippen LogP contribution in [0, 0.1) is 5.92 Å². The molecule has 1 aliphatic heterocycles. The lowest BCUT2D eigenvalue weighted by Gasteiger charge is -2.19. The molecule has 0 aromatic carbocycles.